The van der Waals surface area contributed by atoms with Crippen molar-refractivity contribution in [3.63, 3.8) is 0 Å². The number of amides is 1. The summed E-state index contributed by atoms with van der Waals surface area (Å²) in [7, 11) is 5.69. The fraction of sp³-hybridized carbons (Fsp3) is 0.706. The molecule has 0 radical (unpaired) electrons. The van der Waals surface area contributed by atoms with Crippen LogP contribution < -0.4 is 5.32 Å². The zero-order valence-electron chi connectivity index (χ0n) is 18.7. The summed E-state index contributed by atoms with van der Waals surface area (Å²) in [6.07, 6.45) is 3.14. The van der Waals surface area contributed by atoms with Gasteiger partial charge in [-0.05, 0) is 33.5 Å². The molecule has 1 aliphatic heterocycles. The lowest BCUT2D eigenvalue weighted by Crippen LogP contribution is -2.49. The molecule has 15 heteroatoms. The van der Waals surface area contributed by atoms with Crippen LogP contribution >= 0.6 is 35.3 Å². The van der Waals surface area contributed by atoms with Gasteiger partial charge in [-0.1, -0.05) is 18.5 Å². The number of nitro groups is 1. The smallest absolute Gasteiger partial charge is 0.407 e. The van der Waals surface area contributed by atoms with Gasteiger partial charge in [-0.3, -0.25) is 0 Å². The minimum atomic E-state index is -0.718. The molecule has 12 nitrogen and oxygen atoms in total. The van der Waals surface area contributed by atoms with E-state index in [-0.39, 0.29) is 37.9 Å². The van der Waals surface area contributed by atoms with Gasteiger partial charge in [0.2, 0.25) is 0 Å². The standard InChI is InChI=1S/C9H20N2O2.C8H10ClN5O3S.ClH/c1-4-8-13-9(12)10-6-5-7-11(2)3;1-12-4-17-5-13(8(12)11-14(15)16)3-6-2-10-7(9)18-6;/h4-8H2,1-3H3,(H,10,12);2H,3-5H2,1H3;1H/b;11-8-;. The Balaban J connectivity index is 0.000000617. The number of aromatic nitrogens is 1. The number of hydrogen-bond acceptors (Lipinski definition) is 8. The number of ether oxygens (including phenoxy) is 2. The first-order valence-corrected chi connectivity index (χ1v) is 10.8. The maximum absolute atomic E-state index is 10.9. The summed E-state index contributed by atoms with van der Waals surface area (Å²) < 4.78 is 10.6. The molecule has 2 heterocycles. The molecule has 32 heavy (non-hydrogen) atoms. The number of guanidine groups is 1. The number of carbonyl (C=O) groups is 1. The van der Waals surface area contributed by atoms with Crippen molar-refractivity contribution in [1.29, 1.82) is 0 Å². The molecule has 1 fully saturated rings. The van der Waals surface area contributed by atoms with E-state index in [1.165, 1.54) is 11.3 Å². The molecule has 1 N–H and O–H groups in total. The van der Waals surface area contributed by atoms with Gasteiger partial charge in [-0.2, -0.15) is 0 Å². The zero-order valence-corrected chi connectivity index (χ0v) is 21.0. The third kappa shape index (κ3) is 12.8. The van der Waals surface area contributed by atoms with Crippen molar-refractivity contribution in [1.82, 2.24) is 25.0 Å². The highest BCUT2D eigenvalue weighted by atomic mass is 35.5. The molecular formula is C17H31Cl2N7O5S. The Labute approximate surface area is 203 Å². The highest BCUT2D eigenvalue weighted by Crippen LogP contribution is 2.20. The van der Waals surface area contributed by atoms with Crippen LogP contribution in [0, 0.1) is 10.1 Å². The molecule has 0 aliphatic carbocycles. The number of halogens is 2. The average molecular weight is 516 g/mol. The number of nitrogens with zero attached hydrogens (tertiary/aromatic N) is 6. The van der Waals surface area contributed by atoms with Crippen molar-refractivity contribution in [3.8, 4) is 0 Å². The molecule has 1 aromatic rings. The van der Waals surface area contributed by atoms with Crippen molar-refractivity contribution >= 4 is 47.4 Å². The SMILES string of the molecule is CCCOC(=O)NCCCN(C)C.CN1COCN(Cc2cnc(Cl)s2)/C1=N\[N+](=O)[O-].Cl. The Morgan fingerprint density at radius 2 is 2.22 bits per heavy atom. The third-order valence-electron chi connectivity index (χ3n) is 3.69. The zero-order chi connectivity index (χ0) is 23.2. The lowest BCUT2D eigenvalue weighted by molar-refractivity contribution is -0.486. The van der Waals surface area contributed by atoms with Gasteiger partial charge in [0.05, 0.1) is 13.2 Å². The Morgan fingerprint density at radius 3 is 2.78 bits per heavy atom. The Hall–Kier alpha value is -1.93. The maximum Gasteiger partial charge on any atom is 0.407 e. The van der Waals surface area contributed by atoms with E-state index in [4.69, 9.17) is 21.1 Å². The molecule has 1 aromatic heterocycles. The first-order chi connectivity index (χ1) is 14.7. The van der Waals surface area contributed by atoms with E-state index in [2.05, 4.69) is 20.3 Å². The molecule has 1 saturated heterocycles. The van der Waals surface area contributed by atoms with E-state index in [0.29, 0.717) is 24.2 Å². The molecule has 0 atom stereocenters. The number of nitrogens with one attached hydrogen (secondary N) is 1. The van der Waals surface area contributed by atoms with Crippen LogP contribution in [-0.4, -0.2) is 91.1 Å². The van der Waals surface area contributed by atoms with Crippen LogP contribution in [0.5, 0.6) is 0 Å². The van der Waals surface area contributed by atoms with Crippen LogP contribution in [0.25, 0.3) is 0 Å². The summed E-state index contributed by atoms with van der Waals surface area (Å²) >= 11 is 7.05. The number of thiazole rings is 1. The van der Waals surface area contributed by atoms with Gasteiger partial charge in [0.25, 0.3) is 5.96 Å². The molecule has 2 rings (SSSR count). The predicted octanol–water partition coefficient (Wildman–Crippen LogP) is 2.52. The van der Waals surface area contributed by atoms with Gasteiger partial charge in [0.1, 0.15) is 18.6 Å². The van der Waals surface area contributed by atoms with Crippen LogP contribution in [0.2, 0.25) is 4.47 Å². The summed E-state index contributed by atoms with van der Waals surface area (Å²) in [4.78, 5) is 31.5. The molecule has 0 bridgehead atoms. The van der Waals surface area contributed by atoms with Gasteiger partial charge in [-0.15, -0.1) is 23.7 Å². The summed E-state index contributed by atoms with van der Waals surface area (Å²) in [6, 6.07) is 0. The number of hydrazone groups is 1. The van der Waals surface area contributed by atoms with E-state index in [1.807, 2.05) is 21.0 Å². The van der Waals surface area contributed by atoms with Crippen LogP contribution in [-0.2, 0) is 16.0 Å². The Kier molecular flexibility index (Phi) is 15.7. The highest BCUT2D eigenvalue weighted by Gasteiger charge is 2.25. The fourth-order valence-corrected chi connectivity index (χ4v) is 3.34. The molecule has 0 spiro atoms. The summed E-state index contributed by atoms with van der Waals surface area (Å²) in [5.41, 5.74) is 0. The minimum absolute atomic E-state index is 0. The number of hydrogen-bond donors (Lipinski definition) is 1. The van der Waals surface area contributed by atoms with E-state index in [1.54, 1.807) is 23.0 Å². The summed E-state index contributed by atoms with van der Waals surface area (Å²) in [5.74, 6) is 0.260. The predicted molar refractivity (Wildman–Crippen MR) is 126 cm³/mol. The monoisotopic (exact) mass is 515 g/mol. The van der Waals surface area contributed by atoms with Crippen LogP contribution in [0.1, 0.15) is 24.6 Å². The average Bonchev–Trinajstić information content (AvgIpc) is 3.11. The summed E-state index contributed by atoms with van der Waals surface area (Å²) in [5, 5.41) is 15.8. The van der Waals surface area contributed by atoms with Crippen LogP contribution in [0.4, 0.5) is 4.79 Å². The Morgan fingerprint density at radius 1 is 1.50 bits per heavy atom. The summed E-state index contributed by atoms with van der Waals surface area (Å²) in [6.45, 7) is 5.06. The molecule has 184 valence electrons. The van der Waals surface area contributed by atoms with Gasteiger partial charge in [0, 0.05) is 24.7 Å². The lowest BCUT2D eigenvalue weighted by Gasteiger charge is -2.34. The molecule has 0 aromatic carbocycles. The number of alkyl carbamates (subject to hydrolysis) is 1. The molecular weight excluding hydrogens is 485 g/mol. The quantitative estimate of drug-likeness (QED) is 0.299. The van der Waals surface area contributed by atoms with Crippen molar-refractivity contribution in [2.75, 3.05) is 54.3 Å². The molecule has 0 saturated carbocycles. The maximum atomic E-state index is 10.9. The second-order valence-electron chi connectivity index (χ2n) is 6.80. The van der Waals surface area contributed by atoms with E-state index >= 15 is 0 Å². The van der Waals surface area contributed by atoms with Gasteiger partial charge in [-0.25, -0.2) is 19.9 Å². The van der Waals surface area contributed by atoms with Crippen molar-refractivity contribution < 1.29 is 19.3 Å². The second kappa shape index (κ2) is 16.7. The van der Waals surface area contributed by atoms with E-state index in [0.717, 1.165) is 24.3 Å². The second-order valence-corrected chi connectivity index (χ2v) is 8.49. The van der Waals surface area contributed by atoms with Crippen molar-refractivity contribution in [2.24, 2.45) is 5.10 Å². The minimum Gasteiger partial charge on any atom is -0.450 e. The van der Waals surface area contributed by atoms with Gasteiger partial charge in [0.15, 0.2) is 9.50 Å². The van der Waals surface area contributed by atoms with Gasteiger partial charge >= 0.3 is 6.09 Å². The first-order valence-electron chi connectivity index (χ1n) is 9.65. The molecule has 0 unspecified atom stereocenters. The fourth-order valence-electron chi connectivity index (χ4n) is 2.35. The molecule has 1 amide bonds. The molecule has 1 aliphatic rings. The topological polar surface area (TPSA) is 126 Å². The largest absolute Gasteiger partial charge is 0.450 e. The lowest BCUT2D eigenvalue weighted by atomic mass is 10.4. The third-order valence-corrected chi connectivity index (χ3v) is 4.79. The normalized spacial score (nSPS) is 14.5. The van der Waals surface area contributed by atoms with E-state index < -0.39 is 5.03 Å². The van der Waals surface area contributed by atoms with Crippen molar-refractivity contribution in [3.05, 3.63) is 25.7 Å². The number of rotatable bonds is 9. The number of carbonyl (C=O) groups excluding carboxylic acids is 1. The Bertz CT molecular complexity index is 723. The first kappa shape index (κ1) is 30.1. The van der Waals surface area contributed by atoms with E-state index in [9.17, 15) is 14.9 Å². The van der Waals surface area contributed by atoms with Crippen LogP contribution in [0.3, 0.4) is 0 Å². The highest BCUT2D eigenvalue weighted by molar-refractivity contribution is 7.15. The van der Waals surface area contributed by atoms with Crippen LogP contribution in [0.15, 0.2) is 11.3 Å². The van der Waals surface area contributed by atoms with Crippen molar-refractivity contribution in [2.45, 2.75) is 26.3 Å². The van der Waals surface area contributed by atoms with Gasteiger partial charge < -0.3 is 29.5 Å².